The van der Waals surface area contributed by atoms with Crippen molar-refractivity contribution in [1.29, 1.82) is 0 Å². The Bertz CT molecular complexity index is 2800. The molecule has 0 bridgehead atoms. The number of benzene rings is 9. The average molecular weight is 623 g/mol. The highest BCUT2D eigenvalue weighted by molar-refractivity contribution is 6.03. The summed E-state index contributed by atoms with van der Waals surface area (Å²) in [6, 6.07) is 63.3. The number of fused-ring (bicyclic) bond motifs is 7. The van der Waals surface area contributed by atoms with E-state index in [1.54, 1.807) is 0 Å². The molecule has 9 aromatic rings. The lowest BCUT2D eigenvalue weighted by Crippen LogP contribution is -2.15. The highest BCUT2D eigenvalue weighted by atomic mass is 14.4. The van der Waals surface area contributed by atoms with Gasteiger partial charge in [0.1, 0.15) is 0 Å². The van der Waals surface area contributed by atoms with Crippen molar-refractivity contribution in [1.82, 2.24) is 0 Å². The molecule has 0 heterocycles. The van der Waals surface area contributed by atoms with Gasteiger partial charge in [-0.15, -0.1) is 0 Å². The van der Waals surface area contributed by atoms with E-state index >= 15 is 0 Å². The summed E-state index contributed by atoms with van der Waals surface area (Å²) in [7, 11) is 0. The topological polar surface area (TPSA) is 0 Å². The highest BCUT2D eigenvalue weighted by Gasteiger charge is 2.36. The lowest BCUT2D eigenvalue weighted by atomic mass is 9.81. The molecule has 0 saturated carbocycles. The van der Waals surface area contributed by atoms with Crippen LogP contribution < -0.4 is 0 Å². The molecule has 230 valence electrons. The minimum absolute atomic E-state index is 0.0750. The molecule has 0 aliphatic heterocycles. The quantitative estimate of drug-likeness (QED) is 0.184. The molecule has 0 atom stereocenters. The fourth-order valence-electron chi connectivity index (χ4n) is 8.28. The van der Waals surface area contributed by atoms with Gasteiger partial charge in [-0.1, -0.05) is 135 Å². The van der Waals surface area contributed by atoms with Crippen molar-refractivity contribution < 1.29 is 0 Å². The molecule has 0 spiro atoms. The molecule has 10 rings (SSSR count). The van der Waals surface area contributed by atoms with E-state index < -0.39 is 0 Å². The minimum Gasteiger partial charge on any atom is -0.0616 e. The van der Waals surface area contributed by atoms with Crippen LogP contribution in [-0.2, 0) is 5.41 Å². The Morgan fingerprint density at radius 2 is 0.755 bits per heavy atom. The first-order valence-electron chi connectivity index (χ1n) is 17.2. The van der Waals surface area contributed by atoms with Crippen molar-refractivity contribution in [3.8, 4) is 44.5 Å². The fraction of sp³-hybridized carbons (Fsp3) is 0.0612. The molecule has 49 heavy (non-hydrogen) atoms. The van der Waals surface area contributed by atoms with Crippen LogP contribution in [0.25, 0.3) is 87.6 Å². The average Bonchev–Trinajstić information content (AvgIpc) is 3.37. The van der Waals surface area contributed by atoms with Crippen molar-refractivity contribution in [3.63, 3.8) is 0 Å². The zero-order valence-electron chi connectivity index (χ0n) is 27.7. The van der Waals surface area contributed by atoms with Crippen LogP contribution in [0.2, 0.25) is 0 Å². The molecule has 0 N–H and O–H groups in total. The number of rotatable bonds is 3. The van der Waals surface area contributed by atoms with Crippen molar-refractivity contribution in [2.24, 2.45) is 0 Å². The maximum atomic E-state index is 2.45. The van der Waals surface area contributed by atoms with Gasteiger partial charge in [-0.3, -0.25) is 0 Å². The van der Waals surface area contributed by atoms with Crippen molar-refractivity contribution in [2.45, 2.75) is 19.3 Å². The lowest BCUT2D eigenvalue weighted by molar-refractivity contribution is 0.661. The SMILES string of the molecule is CC1(C)c2cc(-c3cc(-c4ccc5cc(-c6ccc7ccccc7c6)ccc5c4)c4ccccc4c3)ccc2-c2cc3ccccc3cc21. The Labute approximate surface area is 286 Å². The standard InChI is InChI=1S/C49H34/c1-49(2)47-30-39(21-22-44(47)46-27-33-11-5-6-12-34(33)29-48(46)49)42-26-40-13-7-8-14-43(40)45(28-42)41-20-19-37-24-36(17-18-38(37)25-41)35-16-15-31-9-3-4-10-32(31)23-35/h3-30H,1-2H3. The fourth-order valence-corrected chi connectivity index (χ4v) is 8.28. The van der Waals surface area contributed by atoms with Crippen LogP contribution in [0.15, 0.2) is 170 Å². The van der Waals surface area contributed by atoms with Crippen LogP contribution in [0.4, 0.5) is 0 Å². The summed E-state index contributed by atoms with van der Waals surface area (Å²) in [4.78, 5) is 0. The Balaban J connectivity index is 1.07. The number of hydrogen-bond donors (Lipinski definition) is 0. The molecular weight excluding hydrogens is 589 g/mol. The van der Waals surface area contributed by atoms with Gasteiger partial charge in [0.2, 0.25) is 0 Å². The Morgan fingerprint density at radius 3 is 1.49 bits per heavy atom. The van der Waals surface area contributed by atoms with Crippen molar-refractivity contribution >= 4 is 43.1 Å². The van der Waals surface area contributed by atoms with E-state index in [9.17, 15) is 0 Å². The molecule has 0 aromatic heterocycles. The molecule has 1 aliphatic rings. The van der Waals surface area contributed by atoms with E-state index in [-0.39, 0.29) is 5.41 Å². The molecule has 0 fully saturated rings. The summed E-state index contributed by atoms with van der Waals surface area (Å²) in [5.41, 5.74) is 13.0. The van der Waals surface area contributed by atoms with Gasteiger partial charge in [-0.2, -0.15) is 0 Å². The third kappa shape index (κ3) is 4.45. The second-order valence-electron chi connectivity index (χ2n) is 14.2. The van der Waals surface area contributed by atoms with Crippen LogP contribution in [0.5, 0.6) is 0 Å². The van der Waals surface area contributed by atoms with E-state index in [0.29, 0.717) is 0 Å². The summed E-state index contributed by atoms with van der Waals surface area (Å²) in [6.45, 7) is 4.76. The molecule has 9 aromatic carbocycles. The second-order valence-corrected chi connectivity index (χ2v) is 14.2. The van der Waals surface area contributed by atoms with Crippen molar-refractivity contribution in [2.75, 3.05) is 0 Å². The van der Waals surface area contributed by atoms with E-state index in [2.05, 4.69) is 184 Å². The molecule has 0 heteroatoms. The molecular formula is C49H34. The van der Waals surface area contributed by atoms with Gasteiger partial charge in [0.15, 0.2) is 0 Å². The molecule has 0 saturated heterocycles. The van der Waals surface area contributed by atoms with E-state index in [4.69, 9.17) is 0 Å². The van der Waals surface area contributed by atoms with Crippen molar-refractivity contribution in [3.05, 3.63) is 181 Å². The van der Waals surface area contributed by atoms with Gasteiger partial charge >= 0.3 is 0 Å². The van der Waals surface area contributed by atoms with Gasteiger partial charge in [-0.25, -0.2) is 0 Å². The molecule has 0 amide bonds. The molecule has 0 nitrogen and oxygen atoms in total. The van der Waals surface area contributed by atoms with E-state index in [0.717, 1.165) is 0 Å². The van der Waals surface area contributed by atoms with Gasteiger partial charge in [-0.05, 0) is 147 Å². The first kappa shape index (κ1) is 28.1. The summed E-state index contributed by atoms with van der Waals surface area (Å²) >= 11 is 0. The smallest absolute Gasteiger partial charge is 0.0159 e. The third-order valence-corrected chi connectivity index (χ3v) is 11.0. The Kier molecular flexibility index (Phi) is 6.02. The first-order valence-corrected chi connectivity index (χ1v) is 17.2. The molecule has 0 radical (unpaired) electrons. The largest absolute Gasteiger partial charge is 0.0616 e. The predicted molar refractivity (Wildman–Crippen MR) is 210 cm³/mol. The monoisotopic (exact) mass is 622 g/mol. The second kappa shape index (κ2) is 10.5. The van der Waals surface area contributed by atoms with Crippen LogP contribution in [0.3, 0.4) is 0 Å². The first-order chi connectivity index (χ1) is 24.0. The summed E-state index contributed by atoms with van der Waals surface area (Å²) in [5.74, 6) is 0. The van der Waals surface area contributed by atoms with E-state index in [1.807, 2.05) is 0 Å². The molecule has 0 unspecified atom stereocenters. The third-order valence-electron chi connectivity index (χ3n) is 11.0. The van der Waals surface area contributed by atoms with Gasteiger partial charge in [0.05, 0.1) is 0 Å². The lowest BCUT2D eigenvalue weighted by Gasteiger charge is -2.22. The maximum Gasteiger partial charge on any atom is 0.0159 e. The minimum atomic E-state index is -0.0750. The van der Waals surface area contributed by atoms with Gasteiger partial charge in [0, 0.05) is 5.41 Å². The summed E-state index contributed by atoms with van der Waals surface area (Å²) < 4.78 is 0. The molecule has 1 aliphatic carbocycles. The van der Waals surface area contributed by atoms with Crippen LogP contribution in [0, 0.1) is 0 Å². The summed E-state index contributed by atoms with van der Waals surface area (Å²) in [6.07, 6.45) is 0. The van der Waals surface area contributed by atoms with Gasteiger partial charge in [0.25, 0.3) is 0 Å². The highest BCUT2D eigenvalue weighted by Crippen LogP contribution is 2.51. The zero-order valence-corrected chi connectivity index (χ0v) is 27.7. The Morgan fingerprint density at radius 1 is 0.286 bits per heavy atom. The van der Waals surface area contributed by atoms with Crippen LogP contribution in [-0.4, -0.2) is 0 Å². The predicted octanol–water partition coefficient (Wildman–Crippen LogP) is 13.6. The van der Waals surface area contributed by atoms with Crippen LogP contribution in [0.1, 0.15) is 25.0 Å². The normalized spacial score (nSPS) is 13.3. The summed E-state index contributed by atoms with van der Waals surface area (Å²) in [5, 5.41) is 10.2. The zero-order chi connectivity index (χ0) is 32.7. The van der Waals surface area contributed by atoms with Gasteiger partial charge < -0.3 is 0 Å². The Hall–Kier alpha value is -5.98. The van der Waals surface area contributed by atoms with Crippen LogP contribution >= 0.6 is 0 Å². The maximum absolute atomic E-state index is 2.45. The van der Waals surface area contributed by atoms with E-state index in [1.165, 1.54) is 98.7 Å². The number of hydrogen-bond acceptors (Lipinski definition) is 0.